The van der Waals surface area contributed by atoms with Gasteiger partial charge >= 0.3 is 0 Å². The van der Waals surface area contributed by atoms with Gasteiger partial charge in [0, 0.05) is 35.4 Å². The number of hydrogen-bond acceptors (Lipinski definition) is 2. The van der Waals surface area contributed by atoms with Crippen molar-refractivity contribution in [2.75, 3.05) is 31.1 Å². The van der Waals surface area contributed by atoms with Crippen molar-refractivity contribution in [2.24, 2.45) is 0 Å². The summed E-state index contributed by atoms with van der Waals surface area (Å²) in [5.74, 6) is 1.71. The molecule has 0 aliphatic carbocycles. The second-order valence-electron chi connectivity index (χ2n) is 5.43. The molecule has 2 aromatic rings. The largest absolute Gasteiger partial charge is 0.301 e. The first-order valence-corrected chi connectivity index (χ1v) is 8.86. The van der Waals surface area contributed by atoms with E-state index in [2.05, 4.69) is 47.4 Å². The summed E-state index contributed by atoms with van der Waals surface area (Å²) in [5.41, 5.74) is 1.45. The Morgan fingerprint density at radius 3 is 2.60 bits per heavy atom. The van der Waals surface area contributed by atoms with Gasteiger partial charge in [0.05, 0.1) is 0 Å². The average Bonchev–Trinajstić information content (AvgIpc) is 2.49. The SMILES string of the molecule is O=S1CCN(CCCc2cccc3ccccc23)CC1. The number of aryl methyl sites for hydroxylation is 1. The summed E-state index contributed by atoms with van der Waals surface area (Å²) in [7, 11) is -0.563. The van der Waals surface area contributed by atoms with Gasteiger partial charge in [-0.05, 0) is 35.7 Å². The maximum Gasteiger partial charge on any atom is 0.0363 e. The molecule has 0 amide bonds. The fraction of sp³-hybridized carbons (Fsp3) is 0.412. The van der Waals surface area contributed by atoms with Crippen LogP contribution in [0.15, 0.2) is 42.5 Å². The summed E-state index contributed by atoms with van der Waals surface area (Å²) < 4.78 is 11.3. The van der Waals surface area contributed by atoms with Crippen molar-refractivity contribution in [1.29, 1.82) is 0 Å². The molecular formula is C17H21NOS. The quantitative estimate of drug-likeness (QED) is 0.862. The summed E-state index contributed by atoms with van der Waals surface area (Å²) in [6.45, 7) is 3.13. The molecule has 2 aromatic carbocycles. The molecule has 0 unspecified atom stereocenters. The zero-order chi connectivity index (χ0) is 13.8. The van der Waals surface area contributed by atoms with Gasteiger partial charge in [-0.1, -0.05) is 42.5 Å². The molecule has 0 radical (unpaired) electrons. The summed E-state index contributed by atoms with van der Waals surface area (Å²) >= 11 is 0. The lowest BCUT2D eigenvalue weighted by Crippen LogP contribution is -2.38. The number of benzene rings is 2. The second kappa shape index (κ2) is 6.51. The normalized spacial score (nSPS) is 17.6. The van der Waals surface area contributed by atoms with Gasteiger partial charge in [0.1, 0.15) is 0 Å². The monoisotopic (exact) mass is 287 g/mol. The summed E-state index contributed by atoms with van der Waals surface area (Å²) in [5, 5.41) is 2.72. The van der Waals surface area contributed by atoms with E-state index in [4.69, 9.17) is 0 Å². The Morgan fingerprint density at radius 1 is 1.00 bits per heavy atom. The highest BCUT2D eigenvalue weighted by atomic mass is 32.2. The van der Waals surface area contributed by atoms with Gasteiger partial charge in [-0.25, -0.2) is 0 Å². The van der Waals surface area contributed by atoms with Crippen molar-refractivity contribution in [3.63, 3.8) is 0 Å². The van der Waals surface area contributed by atoms with Crippen molar-refractivity contribution >= 4 is 21.6 Å². The molecule has 0 saturated carbocycles. The molecule has 106 valence electrons. The van der Waals surface area contributed by atoms with Crippen LogP contribution < -0.4 is 0 Å². The minimum absolute atomic E-state index is 0.563. The number of fused-ring (bicyclic) bond motifs is 1. The van der Waals surface area contributed by atoms with Crippen molar-refractivity contribution in [2.45, 2.75) is 12.8 Å². The molecule has 0 N–H and O–H groups in total. The highest BCUT2D eigenvalue weighted by Crippen LogP contribution is 2.19. The van der Waals surface area contributed by atoms with Gasteiger partial charge in [-0.3, -0.25) is 4.21 Å². The van der Waals surface area contributed by atoms with Crippen LogP contribution in [0.3, 0.4) is 0 Å². The predicted octanol–water partition coefficient (Wildman–Crippen LogP) is 2.84. The Bertz CT molecular complexity index is 595. The molecule has 0 aromatic heterocycles. The Morgan fingerprint density at radius 2 is 1.75 bits per heavy atom. The van der Waals surface area contributed by atoms with Crippen LogP contribution in [0.2, 0.25) is 0 Å². The number of nitrogens with zero attached hydrogens (tertiary/aromatic N) is 1. The number of rotatable bonds is 4. The van der Waals surface area contributed by atoms with Gasteiger partial charge in [0.15, 0.2) is 0 Å². The van der Waals surface area contributed by atoms with Crippen LogP contribution in [0, 0.1) is 0 Å². The van der Waals surface area contributed by atoms with Crippen LogP contribution in [0.4, 0.5) is 0 Å². The molecule has 3 heteroatoms. The molecule has 1 aliphatic heterocycles. The maximum absolute atomic E-state index is 11.3. The van der Waals surface area contributed by atoms with Crippen LogP contribution >= 0.6 is 0 Å². The molecule has 1 fully saturated rings. The van der Waals surface area contributed by atoms with Crippen LogP contribution in [-0.2, 0) is 17.2 Å². The molecule has 3 rings (SSSR count). The van der Waals surface area contributed by atoms with Crippen molar-refractivity contribution in [3.05, 3.63) is 48.0 Å². The first kappa shape index (κ1) is 13.8. The fourth-order valence-corrected chi connectivity index (χ4v) is 4.03. The Hall–Kier alpha value is -1.19. The van der Waals surface area contributed by atoms with Crippen molar-refractivity contribution in [3.8, 4) is 0 Å². The third-order valence-electron chi connectivity index (χ3n) is 4.07. The lowest BCUT2D eigenvalue weighted by atomic mass is 10.0. The Kier molecular flexibility index (Phi) is 4.48. The lowest BCUT2D eigenvalue weighted by molar-refractivity contribution is 0.296. The van der Waals surface area contributed by atoms with E-state index < -0.39 is 10.8 Å². The van der Waals surface area contributed by atoms with E-state index >= 15 is 0 Å². The highest BCUT2D eigenvalue weighted by molar-refractivity contribution is 7.85. The van der Waals surface area contributed by atoms with Crippen molar-refractivity contribution < 1.29 is 4.21 Å². The van der Waals surface area contributed by atoms with Crippen LogP contribution in [0.5, 0.6) is 0 Å². The lowest BCUT2D eigenvalue weighted by Gasteiger charge is -2.25. The predicted molar refractivity (Wildman–Crippen MR) is 86.6 cm³/mol. The van der Waals surface area contributed by atoms with Crippen molar-refractivity contribution in [1.82, 2.24) is 4.90 Å². The molecule has 1 heterocycles. The van der Waals surface area contributed by atoms with E-state index in [-0.39, 0.29) is 0 Å². The second-order valence-corrected chi connectivity index (χ2v) is 7.13. The minimum atomic E-state index is -0.563. The Balaban J connectivity index is 1.59. The molecule has 0 atom stereocenters. The fourth-order valence-electron chi connectivity index (χ4n) is 2.90. The van der Waals surface area contributed by atoms with Gasteiger partial charge in [0.2, 0.25) is 0 Å². The van der Waals surface area contributed by atoms with E-state index in [1.54, 1.807) is 0 Å². The molecule has 2 nitrogen and oxygen atoms in total. The highest BCUT2D eigenvalue weighted by Gasteiger charge is 2.14. The van der Waals surface area contributed by atoms with Crippen LogP contribution in [0.1, 0.15) is 12.0 Å². The van der Waals surface area contributed by atoms with E-state index in [1.807, 2.05) is 0 Å². The van der Waals surface area contributed by atoms with Gasteiger partial charge in [-0.15, -0.1) is 0 Å². The first-order chi connectivity index (χ1) is 9.83. The topological polar surface area (TPSA) is 20.3 Å². The zero-order valence-corrected chi connectivity index (χ0v) is 12.6. The molecular weight excluding hydrogens is 266 g/mol. The first-order valence-electron chi connectivity index (χ1n) is 7.37. The zero-order valence-electron chi connectivity index (χ0n) is 11.8. The van der Waals surface area contributed by atoms with Crippen LogP contribution in [-0.4, -0.2) is 40.2 Å². The molecule has 1 aliphatic rings. The Labute approximate surface area is 123 Å². The van der Waals surface area contributed by atoms with E-state index in [0.29, 0.717) is 0 Å². The third-order valence-corrected chi connectivity index (χ3v) is 5.35. The third kappa shape index (κ3) is 3.28. The molecule has 0 bridgehead atoms. The minimum Gasteiger partial charge on any atom is -0.301 e. The smallest absolute Gasteiger partial charge is 0.0363 e. The molecule has 20 heavy (non-hydrogen) atoms. The van der Waals surface area contributed by atoms with Crippen LogP contribution in [0.25, 0.3) is 10.8 Å². The maximum atomic E-state index is 11.3. The molecule has 1 saturated heterocycles. The average molecular weight is 287 g/mol. The number of hydrogen-bond donors (Lipinski definition) is 0. The van der Waals surface area contributed by atoms with Gasteiger partial charge < -0.3 is 4.90 Å². The molecule has 0 spiro atoms. The standard InChI is InChI=1S/C17H21NOS/c19-20-13-11-18(12-14-20)10-4-8-16-7-3-6-15-5-1-2-9-17(15)16/h1-3,5-7,9H,4,8,10-14H2. The summed E-state index contributed by atoms with van der Waals surface area (Å²) in [6.07, 6.45) is 2.31. The van der Waals surface area contributed by atoms with E-state index in [1.165, 1.54) is 22.8 Å². The summed E-state index contributed by atoms with van der Waals surface area (Å²) in [6, 6.07) is 15.2. The van der Waals surface area contributed by atoms with E-state index in [9.17, 15) is 4.21 Å². The van der Waals surface area contributed by atoms with Gasteiger partial charge in [-0.2, -0.15) is 0 Å². The van der Waals surface area contributed by atoms with Gasteiger partial charge in [0.25, 0.3) is 0 Å². The van der Waals surface area contributed by atoms with E-state index in [0.717, 1.165) is 37.6 Å². The summed E-state index contributed by atoms with van der Waals surface area (Å²) in [4.78, 5) is 2.45.